The fraction of sp³-hybridized carbons (Fsp3) is 0.250. The summed E-state index contributed by atoms with van der Waals surface area (Å²) in [5.74, 6) is -0.663. The number of allylic oxidation sites excluding steroid dienone is 1. The normalized spacial score (nSPS) is 11.9. The average Bonchev–Trinajstić information content (AvgIpc) is 2.37. The minimum absolute atomic E-state index is 0.145. The summed E-state index contributed by atoms with van der Waals surface area (Å²) in [7, 11) is 1.18. The summed E-state index contributed by atoms with van der Waals surface area (Å²) in [6, 6.07) is 3.65. The van der Waals surface area contributed by atoms with Crippen molar-refractivity contribution in [1.29, 1.82) is 0 Å². The lowest BCUT2D eigenvalue weighted by atomic mass is 10.2. The second-order valence-corrected chi connectivity index (χ2v) is 3.37. The summed E-state index contributed by atoms with van der Waals surface area (Å²) < 4.78 is 58.3. The third-order valence-corrected chi connectivity index (χ3v) is 2.06. The lowest BCUT2D eigenvalue weighted by Gasteiger charge is -2.18. The van der Waals surface area contributed by atoms with Crippen LogP contribution in [0.5, 0.6) is 11.5 Å². The van der Waals surface area contributed by atoms with Gasteiger partial charge in [-0.1, -0.05) is 12.1 Å². The number of carbonyl (C=O) groups excluding carboxylic acids is 1. The highest BCUT2D eigenvalue weighted by atomic mass is 19.3. The van der Waals surface area contributed by atoms with E-state index in [-0.39, 0.29) is 5.75 Å². The van der Waals surface area contributed by atoms with Crippen molar-refractivity contribution < 1.29 is 31.8 Å². The van der Waals surface area contributed by atoms with Crippen molar-refractivity contribution in [3.63, 3.8) is 0 Å². The summed E-state index contributed by atoms with van der Waals surface area (Å²) >= 11 is 0. The fourth-order valence-electron chi connectivity index (χ4n) is 1.21. The number of benzene rings is 1. The van der Waals surface area contributed by atoms with E-state index >= 15 is 0 Å². The Morgan fingerprint density at radius 2 is 1.95 bits per heavy atom. The Hall–Kier alpha value is -2.05. The minimum atomic E-state index is -4.60. The van der Waals surface area contributed by atoms with Crippen LogP contribution in [0.15, 0.2) is 24.3 Å². The third kappa shape index (κ3) is 3.97. The van der Waals surface area contributed by atoms with Crippen LogP contribution in [0.4, 0.5) is 17.6 Å². The van der Waals surface area contributed by atoms with Crippen LogP contribution in [0.25, 0.3) is 6.08 Å². The maximum absolute atomic E-state index is 12.8. The van der Waals surface area contributed by atoms with Gasteiger partial charge in [0.15, 0.2) is 11.5 Å². The molecule has 0 bridgehead atoms. The standard InChI is InChI=1S/C12H10F4O3/c1-18-10-7-8(3-2-6-17)4-5-9(10)19-12(15,16)11(13)14/h2-7,11H,1H3/b3-2+. The van der Waals surface area contributed by atoms with Crippen molar-refractivity contribution in [2.75, 3.05) is 7.11 Å². The Labute approximate surface area is 106 Å². The Bertz CT molecular complexity index is 472. The average molecular weight is 278 g/mol. The van der Waals surface area contributed by atoms with E-state index in [1.807, 2.05) is 0 Å². The summed E-state index contributed by atoms with van der Waals surface area (Å²) in [6.07, 6.45) is -5.45. The Morgan fingerprint density at radius 3 is 2.47 bits per heavy atom. The maximum atomic E-state index is 12.8. The van der Waals surface area contributed by atoms with Gasteiger partial charge in [0, 0.05) is 0 Å². The maximum Gasteiger partial charge on any atom is 0.461 e. The van der Waals surface area contributed by atoms with E-state index in [2.05, 4.69) is 4.74 Å². The third-order valence-electron chi connectivity index (χ3n) is 2.06. The molecule has 0 aliphatic rings. The zero-order valence-corrected chi connectivity index (χ0v) is 9.78. The smallest absolute Gasteiger partial charge is 0.461 e. The predicted octanol–water partition coefficient (Wildman–Crippen LogP) is 3.14. The highest BCUT2D eigenvalue weighted by Gasteiger charge is 2.44. The molecule has 0 fully saturated rings. The summed E-state index contributed by atoms with van der Waals surface area (Å²) in [4.78, 5) is 10.1. The van der Waals surface area contributed by atoms with Crippen LogP contribution >= 0.6 is 0 Å². The van der Waals surface area contributed by atoms with E-state index in [4.69, 9.17) is 4.74 Å². The van der Waals surface area contributed by atoms with Crippen LogP contribution in [0.1, 0.15) is 5.56 Å². The van der Waals surface area contributed by atoms with Crippen LogP contribution in [-0.4, -0.2) is 25.9 Å². The summed E-state index contributed by atoms with van der Waals surface area (Å²) in [6.45, 7) is 0. The van der Waals surface area contributed by atoms with E-state index < -0.39 is 18.3 Å². The molecular weight excluding hydrogens is 268 g/mol. The largest absolute Gasteiger partial charge is 0.493 e. The van der Waals surface area contributed by atoms with E-state index in [1.54, 1.807) is 0 Å². The summed E-state index contributed by atoms with van der Waals surface area (Å²) in [5.41, 5.74) is 0.469. The van der Waals surface area contributed by atoms with Crippen LogP contribution in [0.3, 0.4) is 0 Å². The van der Waals surface area contributed by atoms with Gasteiger partial charge in [0.05, 0.1) is 7.11 Å². The molecule has 0 amide bonds. The molecule has 19 heavy (non-hydrogen) atoms. The molecule has 1 aromatic carbocycles. The monoisotopic (exact) mass is 278 g/mol. The molecule has 0 atom stereocenters. The van der Waals surface area contributed by atoms with E-state index in [0.29, 0.717) is 11.8 Å². The molecule has 1 rings (SSSR count). The van der Waals surface area contributed by atoms with Gasteiger partial charge in [-0.3, -0.25) is 4.79 Å². The zero-order chi connectivity index (χ0) is 14.5. The number of halogens is 4. The molecule has 0 saturated heterocycles. The Kier molecular flexibility index (Phi) is 4.91. The van der Waals surface area contributed by atoms with Gasteiger partial charge in [-0.25, -0.2) is 0 Å². The van der Waals surface area contributed by atoms with E-state index in [9.17, 15) is 22.4 Å². The molecule has 0 aliphatic heterocycles. The molecule has 3 nitrogen and oxygen atoms in total. The van der Waals surface area contributed by atoms with Crippen molar-refractivity contribution in [3.05, 3.63) is 29.8 Å². The van der Waals surface area contributed by atoms with Gasteiger partial charge in [0.2, 0.25) is 0 Å². The number of methoxy groups -OCH3 is 1. The van der Waals surface area contributed by atoms with Crippen LogP contribution in [0, 0.1) is 0 Å². The predicted molar refractivity (Wildman–Crippen MR) is 59.7 cm³/mol. The molecular formula is C12H10F4O3. The van der Waals surface area contributed by atoms with E-state index in [1.165, 1.54) is 31.4 Å². The Balaban J connectivity index is 3.02. The molecule has 104 valence electrons. The number of carbonyl (C=O) groups is 1. The topological polar surface area (TPSA) is 35.5 Å². The van der Waals surface area contributed by atoms with Crippen LogP contribution in [-0.2, 0) is 4.79 Å². The van der Waals surface area contributed by atoms with Crippen molar-refractivity contribution in [2.45, 2.75) is 12.5 Å². The van der Waals surface area contributed by atoms with Gasteiger partial charge in [0.1, 0.15) is 6.29 Å². The second-order valence-electron chi connectivity index (χ2n) is 3.37. The molecule has 0 radical (unpaired) electrons. The van der Waals surface area contributed by atoms with Gasteiger partial charge in [-0.05, 0) is 23.8 Å². The van der Waals surface area contributed by atoms with Crippen molar-refractivity contribution in [2.24, 2.45) is 0 Å². The number of hydrogen-bond acceptors (Lipinski definition) is 3. The molecule has 0 spiro atoms. The number of hydrogen-bond donors (Lipinski definition) is 0. The number of alkyl halides is 4. The molecule has 0 unspecified atom stereocenters. The van der Waals surface area contributed by atoms with Crippen molar-refractivity contribution in [3.8, 4) is 11.5 Å². The first kappa shape index (κ1) is 15.0. The number of ether oxygens (including phenoxy) is 2. The first-order valence-electron chi connectivity index (χ1n) is 5.05. The van der Waals surface area contributed by atoms with Gasteiger partial charge in [-0.15, -0.1) is 0 Å². The lowest BCUT2D eigenvalue weighted by Crippen LogP contribution is -2.33. The summed E-state index contributed by atoms with van der Waals surface area (Å²) in [5, 5.41) is 0. The Morgan fingerprint density at radius 1 is 1.26 bits per heavy atom. The number of rotatable bonds is 6. The first-order valence-corrected chi connectivity index (χ1v) is 5.05. The highest BCUT2D eigenvalue weighted by molar-refractivity contribution is 5.74. The van der Waals surface area contributed by atoms with Gasteiger partial charge in [0.25, 0.3) is 0 Å². The van der Waals surface area contributed by atoms with Gasteiger partial charge >= 0.3 is 12.5 Å². The minimum Gasteiger partial charge on any atom is -0.493 e. The molecule has 0 saturated carbocycles. The quantitative estimate of drug-likeness (QED) is 0.455. The number of aldehydes is 1. The zero-order valence-electron chi connectivity index (χ0n) is 9.78. The molecule has 0 N–H and O–H groups in total. The molecule has 0 aliphatic carbocycles. The lowest BCUT2D eigenvalue weighted by molar-refractivity contribution is -0.253. The molecule has 0 aromatic heterocycles. The van der Waals surface area contributed by atoms with Gasteiger partial charge in [-0.2, -0.15) is 17.6 Å². The fourth-order valence-corrected chi connectivity index (χ4v) is 1.21. The van der Waals surface area contributed by atoms with Crippen LogP contribution in [0.2, 0.25) is 0 Å². The van der Waals surface area contributed by atoms with Gasteiger partial charge < -0.3 is 9.47 Å². The van der Waals surface area contributed by atoms with Crippen LogP contribution < -0.4 is 9.47 Å². The highest BCUT2D eigenvalue weighted by Crippen LogP contribution is 2.34. The molecule has 1 aromatic rings. The molecule has 7 heteroatoms. The van der Waals surface area contributed by atoms with E-state index in [0.717, 1.165) is 6.07 Å². The SMILES string of the molecule is COc1cc(/C=C/C=O)ccc1OC(F)(F)C(F)F. The van der Waals surface area contributed by atoms with Crippen molar-refractivity contribution >= 4 is 12.4 Å². The first-order chi connectivity index (χ1) is 8.90. The second kappa shape index (κ2) is 6.21. The molecule has 0 heterocycles. The van der Waals surface area contributed by atoms with Crippen molar-refractivity contribution in [1.82, 2.24) is 0 Å².